The van der Waals surface area contributed by atoms with Crippen LogP contribution in [0.1, 0.15) is 29.6 Å². The lowest BCUT2D eigenvalue weighted by atomic mass is 10.0. The Labute approximate surface area is 222 Å². The Morgan fingerprint density at radius 2 is 1.71 bits per heavy atom. The van der Waals surface area contributed by atoms with E-state index >= 15 is 0 Å². The zero-order chi connectivity index (χ0) is 26.9. The van der Waals surface area contributed by atoms with Crippen molar-refractivity contribution >= 4 is 50.3 Å². The molecular formula is C28H31N5O4S. The molecule has 0 atom stereocenters. The van der Waals surface area contributed by atoms with E-state index in [-0.39, 0.29) is 11.8 Å². The van der Waals surface area contributed by atoms with E-state index in [4.69, 9.17) is 0 Å². The summed E-state index contributed by atoms with van der Waals surface area (Å²) in [4.78, 5) is 27.8. The predicted molar refractivity (Wildman–Crippen MR) is 152 cm³/mol. The van der Waals surface area contributed by atoms with Gasteiger partial charge in [-0.25, -0.2) is 8.42 Å². The van der Waals surface area contributed by atoms with E-state index in [1.165, 1.54) is 24.2 Å². The molecule has 3 aromatic rings. The molecule has 0 unspecified atom stereocenters. The van der Waals surface area contributed by atoms with Crippen molar-refractivity contribution in [1.82, 2.24) is 4.90 Å². The molecule has 0 saturated carbocycles. The Bertz CT molecular complexity index is 1500. The van der Waals surface area contributed by atoms with E-state index in [0.29, 0.717) is 46.0 Å². The highest BCUT2D eigenvalue weighted by molar-refractivity contribution is 7.92. The quantitative estimate of drug-likeness (QED) is 0.413. The van der Waals surface area contributed by atoms with Crippen LogP contribution in [0.5, 0.6) is 0 Å². The molecule has 2 aliphatic heterocycles. The number of sulfonamides is 1. The van der Waals surface area contributed by atoms with E-state index < -0.39 is 10.0 Å². The number of likely N-dealkylation sites (tertiary alicyclic amines) is 1. The third kappa shape index (κ3) is 5.51. The first kappa shape index (κ1) is 25.7. The maximum atomic E-state index is 13.0. The summed E-state index contributed by atoms with van der Waals surface area (Å²) in [6.45, 7) is 2.84. The van der Waals surface area contributed by atoms with Crippen LogP contribution in [0.25, 0.3) is 11.1 Å². The maximum Gasteiger partial charge on any atom is 0.257 e. The van der Waals surface area contributed by atoms with Crippen molar-refractivity contribution in [3.63, 3.8) is 0 Å². The molecule has 1 fully saturated rings. The number of nitrogens with zero attached hydrogens (tertiary/aromatic N) is 2. The number of anilines is 5. The second kappa shape index (κ2) is 10.5. The lowest BCUT2D eigenvalue weighted by Crippen LogP contribution is -2.25. The van der Waals surface area contributed by atoms with Crippen molar-refractivity contribution in [2.24, 2.45) is 0 Å². The predicted octanol–water partition coefficient (Wildman–Crippen LogP) is 4.48. The van der Waals surface area contributed by atoms with Gasteiger partial charge in [0.2, 0.25) is 15.9 Å². The smallest absolute Gasteiger partial charge is 0.257 e. The first-order chi connectivity index (χ1) is 18.2. The van der Waals surface area contributed by atoms with Crippen LogP contribution in [0.2, 0.25) is 0 Å². The Morgan fingerprint density at radius 1 is 0.947 bits per heavy atom. The molecule has 3 N–H and O–H groups in total. The molecule has 0 radical (unpaired) electrons. The summed E-state index contributed by atoms with van der Waals surface area (Å²) in [6.07, 6.45) is 3.96. The van der Waals surface area contributed by atoms with Crippen LogP contribution in [-0.4, -0.2) is 58.1 Å². The summed E-state index contributed by atoms with van der Waals surface area (Å²) in [6, 6.07) is 17.9. The third-order valence-electron chi connectivity index (χ3n) is 6.99. The second-order valence-corrected chi connectivity index (χ2v) is 11.7. The standard InChI is InChI=1S/C28H31N5O4S/c1-32(38(2,36)37)26-8-4-3-7-21(26)19-9-11-22-24(17-19)30-25-18-20(10-12-23(25)31-28(22)35)29-27(34)13-16-33-14-5-6-15-33/h3-4,7-12,17-18,30H,5-6,13-16H2,1-2H3,(H,29,34)(H,31,35). The number of nitrogens with one attached hydrogen (secondary N) is 3. The molecule has 2 heterocycles. The number of hydrogen-bond donors (Lipinski definition) is 3. The van der Waals surface area contributed by atoms with Crippen LogP contribution in [0.15, 0.2) is 60.7 Å². The summed E-state index contributed by atoms with van der Waals surface area (Å²) >= 11 is 0. The van der Waals surface area contributed by atoms with Gasteiger partial charge in [0.1, 0.15) is 0 Å². The van der Waals surface area contributed by atoms with E-state index in [1.54, 1.807) is 42.5 Å². The average Bonchev–Trinajstić information content (AvgIpc) is 3.37. The molecule has 2 aliphatic rings. The van der Waals surface area contributed by atoms with Crippen LogP contribution < -0.4 is 20.3 Å². The summed E-state index contributed by atoms with van der Waals surface area (Å²) in [7, 11) is -1.95. The minimum Gasteiger partial charge on any atom is -0.353 e. The van der Waals surface area contributed by atoms with Crippen LogP contribution in [0.4, 0.5) is 28.4 Å². The van der Waals surface area contributed by atoms with E-state index in [0.717, 1.165) is 31.5 Å². The van der Waals surface area contributed by atoms with Gasteiger partial charge < -0.3 is 20.9 Å². The minimum absolute atomic E-state index is 0.0520. The lowest BCUT2D eigenvalue weighted by Gasteiger charge is -2.21. The summed E-state index contributed by atoms with van der Waals surface area (Å²) in [5.74, 6) is -0.314. The van der Waals surface area contributed by atoms with Gasteiger partial charge in [0.05, 0.1) is 34.6 Å². The molecule has 9 nitrogen and oxygen atoms in total. The molecule has 0 aliphatic carbocycles. The molecule has 38 heavy (non-hydrogen) atoms. The SMILES string of the molecule is CN(c1ccccc1-c1ccc2c(c1)Nc1cc(NC(=O)CCN3CCCC3)ccc1NC2=O)S(C)(=O)=O. The largest absolute Gasteiger partial charge is 0.353 e. The van der Waals surface area contributed by atoms with Gasteiger partial charge in [0.25, 0.3) is 5.91 Å². The molecule has 0 bridgehead atoms. The first-order valence-electron chi connectivity index (χ1n) is 12.6. The summed E-state index contributed by atoms with van der Waals surface area (Å²) < 4.78 is 25.7. The molecule has 2 amide bonds. The fourth-order valence-corrected chi connectivity index (χ4v) is 5.36. The zero-order valence-electron chi connectivity index (χ0n) is 21.5. The third-order valence-corrected chi connectivity index (χ3v) is 8.18. The Morgan fingerprint density at radius 3 is 2.47 bits per heavy atom. The van der Waals surface area contributed by atoms with E-state index in [1.807, 2.05) is 18.2 Å². The van der Waals surface area contributed by atoms with Crippen molar-refractivity contribution in [3.8, 4) is 11.1 Å². The number of benzene rings is 3. The number of para-hydroxylation sites is 1. The lowest BCUT2D eigenvalue weighted by molar-refractivity contribution is -0.116. The first-order valence-corrected chi connectivity index (χ1v) is 14.5. The van der Waals surface area contributed by atoms with Crippen LogP contribution >= 0.6 is 0 Å². The molecule has 198 valence electrons. The van der Waals surface area contributed by atoms with Crippen molar-refractivity contribution in [2.45, 2.75) is 19.3 Å². The number of amides is 2. The topological polar surface area (TPSA) is 111 Å². The minimum atomic E-state index is -3.47. The molecular weight excluding hydrogens is 502 g/mol. The fraction of sp³-hybridized carbons (Fsp3) is 0.286. The van der Waals surface area contributed by atoms with Gasteiger partial charge >= 0.3 is 0 Å². The van der Waals surface area contributed by atoms with Gasteiger partial charge in [-0.1, -0.05) is 24.3 Å². The second-order valence-electron chi connectivity index (χ2n) is 9.69. The van der Waals surface area contributed by atoms with Gasteiger partial charge in [-0.15, -0.1) is 0 Å². The van der Waals surface area contributed by atoms with Crippen LogP contribution in [0, 0.1) is 0 Å². The van der Waals surface area contributed by atoms with E-state index in [2.05, 4.69) is 20.9 Å². The Balaban J connectivity index is 1.41. The van der Waals surface area contributed by atoms with Crippen molar-refractivity contribution < 1.29 is 18.0 Å². The van der Waals surface area contributed by atoms with Gasteiger partial charge in [0, 0.05) is 31.3 Å². The van der Waals surface area contributed by atoms with Gasteiger partial charge in [-0.2, -0.15) is 0 Å². The highest BCUT2D eigenvalue weighted by atomic mass is 32.2. The fourth-order valence-electron chi connectivity index (χ4n) is 4.84. The zero-order valence-corrected chi connectivity index (χ0v) is 22.3. The molecule has 1 saturated heterocycles. The molecule has 0 spiro atoms. The number of fused-ring (bicyclic) bond motifs is 2. The average molecular weight is 534 g/mol. The molecule has 5 rings (SSSR count). The Hall–Kier alpha value is -3.89. The monoisotopic (exact) mass is 533 g/mol. The number of hydrogen-bond acceptors (Lipinski definition) is 6. The number of rotatable bonds is 7. The Kier molecular flexibility index (Phi) is 7.09. The van der Waals surface area contributed by atoms with E-state index in [9.17, 15) is 18.0 Å². The van der Waals surface area contributed by atoms with Gasteiger partial charge in [-0.05, 0) is 67.9 Å². The highest BCUT2D eigenvalue weighted by Crippen LogP contribution is 2.38. The van der Waals surface area contributed by atoms with Crippen LogP contribution in [-0.2, 0) is 14.8 Å². The highest BCUT2D eigenvalue weighted by Gasteiger charge is 2.22. The number of carbonyl (C=O) groups excluding carboxylic acids is 2. The van der Waals surface area contributed by atoms with Gasteiger partial charge in [-0.3, -0.25) is 13.9 Å². The maximum absolute atomic E-state index is 13.0. The summed E-state index contributed by atoms with van der Waals surface area (Å²) in [5, 5.41) is 9.22. The number of carbonyl (C=O) groups is 2. The summed E-state index contributed by atoms with van der Waals surface area (Å²) in [5.41, 5.74) is 4.92. The van der Waals surface area contributed by atoms with Gasteiger partial charge in [0.15, 0.2) is 0 Å². The molecule has 10 heteroatoms. The van der Waals surface area contributed by atoms with Crippen LogP contribution in [0.3, 0.4) is 0 Å². The molecule has 3 aromatic carbocycles. The van der Waals surface area contributed by atoms with Crippen molar-refractivity contribution in [2.75, 3.05) is 53.2 Å². The van der Waals surface area contributed by atoms with Crippen molar-refractivity contribution in [3.05, 3.63) is 66.2 Å². The molecule has 0 aromatic heterocycles. The van der Waals surface area contributed by atoms with Crippen molar-refractivity contribution in [1.29, 1.82) is 0 Å². The normalized spacial score (nSPS) is 15.1.